The third-order valence-electron chi connectivity index (χ3n) is 12.5. The smallest absolute Gasteiger partial charge is 0.255 e. The van der Waals surface area contributed by atoms with Gasteiger partial charge in [-0.25, -0.2) is 19.9 Å². The van der Waals surface area contributed by atoms with Gasteiger partial charge in [-0.15, -0.1) is 0 Å². The Hall–Kier alpha value is -7.82. The van der Waals surface area contributed by atoms with E-state index in [1.54, 1.807) is 24.8 Å². The van der Waals surface area contributed by atoms with Crippen molar-refractivity contribution in [2.75, 3.05) is 25.6 Å². The molecule has 0 radical (unpaired) electrons. The molecule has 0 amide bonds. The van der Waals surface area contributed by atoms with E-state index in [9.17, 15) is 9.59 Å². The maximum absolute atomic E-state index is 12.5. The highest BCUT2D eigenvalue weighted by molar-refractivity contribution is 5.76. The fraction of sp³-hybridized carbons (Fsp3) is 0.269. The number of H-pyrrole nitrogens is 2. The third-order valence-corrected chi connectivity index (χ3v) is 12.5. The summed E-state index contributed by atoms with van der Waals surface area (Å²) in [6.45, 7) is 1.60. The number of hydrogen-bond acceptors (Lipinski definition) is 14. The summed E-state index contributed by atoms with van der Waals surface area (Å²) in [6.07, 6.45) is 18.5. The Bertz CT molecular complexity index is 3190. The fourth-order valence-corrected chi connectivity index (χ4v) is 8.80. The van der Waals surface area contributed by atoms with Gasteiger partial charge in [-0.1, -0.05) is 84.2 Å². The molecule has 1 saturated carbocycles. The van der Waals surface area contributed by atoms with E-state index in [-0.39, 0.29) is 34.4 Å². The normalized spacial score (nSPS) is 14.0. The Labute approximate surface area is 398 Å². The molecule has 2 aliphatic carbocycles. The van der Waals surface area contributed by atoms with Gasteiger partial charge in [0.2, 0.25) is 0 Å². The van der Waals surface area contributed by atoms with Crippen molar-refractivity contribution in [3.63, 3.8) is 0 Å². The van der Waals surface area contributed by atoms with Crippen LogP contribution in [-0.2, 0) is 13.1 Å². The summed E-state index contributed by atoms with van der Waals surface area (Å²) in [5.74, 6) is 1.66. The second-order valence-electron chi connectivity index (χ2n) is 17.2. The van der Waals surface area contributed by atoms with Crippen molar-refractivity contribution in [2.45, 2.75) is 76.8 Å². The molecular formula is C52H62N12O4. The van der Waals surface area contributed by atoms with Gasteiger partial charge in [-0.05, 0) is 87.4 Å². The van der Waals surface area contributed by atoms with Gasteiger partial charge in [0.1, 0.15) is 11.4 Å². The molecule has 0 aliphatic heterocycles. The number of anilines is 2. The van der Waals surface area contributed by atoms with Crippen molar-refractivity contribution in [1.29, 1.82) is 0 Å². The first-order chi connectivity index (χ1) is 33.2. The quantitative estimate of drug-likeness (QED) is 0.0668. The van der Waals surface area contributed by atoms with Crippen LogP contribution in [0.15, 0.2) is 122 Å². The van der Waals surface area contributed by atoms with E-state index in [4.69, 9.17) is 30.5 Å². The first-order valence-corrected chi connectivity index (χ1v) is 23.1. The summed E-state index contributed by atoms with van der Waals surface area (Å²) in [5.41, 5.74) is 24.0. The lowest BCUT2D eigenvalue weighted by atomic mass is 9.84. The molecule has 16 heteroatoms. The zero-order valence-corrected chi connectivity index (χ0v) is 38.1. The molecule has 0 unspecified atom stereocenters. The van der Waals surface area contributed by atoms with E-state index in [0.29, 0.717) is 51.2 Å². The molecule has 0 bridgehead atoms. The number of nitrogens with one attached hydrogen (secondary N) is 4. The van der Waals surface area contributed by atoms with Gasteiger partial charge in [0.05, 0.1) is 23.8 Å². The summed E-state index contributed by atoms with van der Waals surface area (Å²) in [7, 11) is 3.83. The molecule has 0 saturated heterocycles. The van der Waals surface area contributed by atoms with Gasteiger partial charge in [-0.2, -0.15) is 0 Å². The number of allylic oxidation sites excluding steroid dienone is 2. The number of hydrogen-bond donors (Lipinski definition) is 6. The van der Waals surface area contributed by atoms with E-state index in [1.807, 2.05) is 74.8 Å². The van der Waals surface area contributed by atoms with Gasteiger partial charge >= 0.3 is 0 Å². The van der Waals surface area contributed by atoms with Crippen LogP contribution in [0.2, 0.25) is 0 Å². The Morgan fingerprint density at radius 3 is 1.68 bits per heavy atom. The average Bonchev–Trinajstić information content (AvgIpc) is 4.08. The topological polar surface area (TPSA) is 245 Å². The lowest BCUT2D eigenvalue weighted by Gasteiger charge is -2.21. The van der Waals surface area contributed by atoms with Crippen LogP contribution in [0.1, 0.15) is 91.7 Å². The molecule has 8 N–H and O–H groups in total. The Morgan fingerprint density at radius 2 is 1.16 bits per heavy atom. The van der Waals surface area contributed by atoms with E-state index in [2.05, 4.69) is 59.1 Å². The van der Waals surface area contributed by atoms with Crippen LogP contribution in [0.5, 0.6) is 0 Å². The molecule has 8 aromatic rings. The van der Waals surface area contributed by atoms with Gasteiger partial charge < -0.3 is 41.1 Å². The van der Waals surface area contributed by atoms with Crippen LogP contribution >= 0.6 is 0 Å². The summed E-state index contributed by atoms with van der Waals surface area (Å²) in [6, 6.07) is 23.7. The number of rotatable bonds is 12. The molecule has 2 aliphatic rings. The van der Waals surface area contributed by atoms with Crippen LogP contribution in [-0.4, -0.2) is 54.3 Å². The maximum atomic E-state index is 12.5. The minimum atomic E-state index is -0.0962. The number of nitrogen functional groups attached to an aromatic ring is 2. The van der Waals surface area contributed by atoms with Crippen molar-refractivity contribution >= 4 is 17.2 Å². The largest absolute Gasteiger partial charge is 0.382 e. The van der Waals surface area contributed by atoms with Gasteiger partial charge in [-0.3, -0.25) is 9.59 Å². The minimum absolute atomic E-state index is 0. The predicted octanol–water partition coefficient (Wildman–Crippen LogP) is 9.90. The van der Waals surface area contributed by atoms with Crippen LogP contribution < -0.4 is 33.2 Å². The minimum Gasteiger partial charge on any atom is -0.382 e. The van der Waals surface area contributed by atoms with Crippen molar-refractivity contribution in [3.05, 3.63) is 147 Å². The summed E-state index contributed by atoms with van der Waals surface area (Å²) in [4.78, 5) is 48.8. The van der Waals surface area contributed by atoms with E-state index in [1.165, 1.54) is 17.5 Å². The van der Waals surface area contributed by atoms with Crippen molar-refractivity contribution in [3.8, 4) is 67.9 Å². The maximum Gasteiger partial charge on any atom is 0.255 e. The van der Waals surface area contributed by atoms with E-state index in [0.717, 1.165) is 97.8 Å². The SMILES string of the molecule is CNCc1ccc(-c2cc(-c3nc(-c4c[nH]c(=O)c(C5=CCCCC5)c4)cnc3N)on2)cc1.CNCc1ccc(-c2cc(-c3nc(-c4c[nH]c(=O)c(C5CCCCC5)c4)cnc3N)on2)cc1.[HH].[HH].[HH].[HH]. The summed E-state index contributed by atoms with van der Waals surface area (Å²) in [5, 5.41) is 14.7. The van der Waals surface area contributed by atoms with Crippen molar-refractivity contribution in [1.82, 2.24) is 50.9 Å². The Balaban J connectivity index is 0.000000253. The highest BCUT2D eigenvalue weighted by Gasteiger charge is 2.22. The van der Waals surface area contributed by atoms with Gasteiger partial charge in [0.15, 0.2) is 34.5 Å². The molecule has 16 nitrogen and oxygen atoms in total. The first-order valence-electron chi connectivity index (χ1n) is 23.1. The number of pyridine rings is 2. The molecule has 6 heterocycles. The van der Waals surface area contributed by atoms with Gasteiger partial charge in [0, 0.05) is 76.7 Å². The number of aromatic nitrogens is 8. The Morgan fingerprint density at radius 1 is 0.632 bits per heavy atom. The van der Waals surface area contributed by atoms with Crippen molar-refractivity contribution < 1.29 is 14.8 Å². The number of nitrogens with two attached hydrogens (primary N) is 2. The molecule has 0 spiro atoms. The highest BCUT2D eigenvalue weighted by Crippen LogP contribution is 2.35. The van der Waals surface area contributed by atoms with Crippen LogP contribution in [0.3, 0.4) is 0 Å². The second kappa shape index (κ2) is 20.8. The molecule has 68 heavy (non-hydrogen) atoms. The van der Waals surface area contributed by atoms with Crippen LogP contribution in [0.25, 0.3) is 73.5 Å². The lowest BCUT2D eigenvalue weighted by Crippen LogP contribution is -2.18. The summed E-state index contributed by atoms with van der Waals surface area (Å²) >= 11 is 0. The summed E-state index contributed by atoms with van der Waals surface area (Å²) < 4.78 is 11.2. The number of nitrogens with zero attached hydrogens (tertiary/aromatic N) is 6. The molecule has 2 aromatic carbocycles. The molecule has 10 rings (SSSR count). The zero-order chi connectivity index (χ0) is 47.0. The van der Waals surface area contributed by atoms with E-state index >= 15 is 0 Å². The van der Waals surface area contributed by atoms with E-state index < -0.39 is 0 Å². The predicted molar refractivity (Wildman–Crippen MR) is 273 cm³/mol. The second-order valence-corrected chi connectivity index (χ2v) is 17.2. The van der Waals surface area contributed by atoms with Crippen molar-refractivity contribution in [2.24, 2.45) is 0 Å². The number of benzene rings is 2. The Kier molecular flexibility index (Phi) is 13.9. The molecule has 0 atom stereocenters. The van der Waals surface area contributed by atoms with Crippen LogP contribution in [0, 0.1) is 0 Å². The van der Waals surface area contributed by atoms with Crippen LogP contribution in [0.4, 0.5) is 11.6 Å². The first kappa shape index (κ1) is 45.3. The zero-order valence-electron chi connectivity index (χ0n) is 38.1. The van der Waals surface area contributed by atoms with Gasteiger partial charge in [0.25, 0.3) is 11.1 Å². The fourth-order valence-electron chi connectivity index (χ4n) is 8.80. The monoisotopic (exact) mass is 919 g/mol. The molecule has 1 fully saturated rings. The number of aromatic amines is 2. The average molecular weight is 919 g/mol. The molecular weight excluding hydrogens is 857 g/mol. The third kappa shape index (κ3) is 10.3. The molecule has 354 valence electrons. The molecule has 6 aromatic heterocycles. The lowest BCUT2D eigenvalue weighted by molar-refractivity contribution is 0.433. The highest BCUT2D eigenvalue weighted by atomic mass is 16.5. The standard InChI is InChI=1S/C26H28N6O2.C26H26N6O2.4H2/c2*1-28-13-16-7-9-18(10-8-16)21-12-23(34-32-21)24-25(27)29-15-22(31-24)19-11-20(26(33)30-14-19)17-5-3-2-4-6-17;;;;/h7-12,14-15,17,28H,2-6,13H2,1H3,(H2,27,29)(H,30,33);5,7-12,14-15,28H,2-4,6,13H2,1H3,(H2,27,29)(H,30,33);4*1H.